The van der Waals surface area contributed by atoms with E-state index in [4.69, 9.17) is 0 Å². The average molecular weight is 255 g/mol. The van der Waals surface area contributed by atoms with Gasteiger partial charge >= 0.3 is 0 Å². The molecule has 3 rings (SSSR count). The van der Waals surface area contributed by atoms with E-state index in [1.165, 1.54) is 0 Å². The number of nitrogens with one attached hydrogen (secondary N) is 1. The lowest BCUT2D eigenvalue weighted by Gasteiger charge is -2.32. The van der Waals surface area contributed by atoms with Crippen molar-refractivity contribution in [3.8, 4) is 6.07 Å². The molecule has 1 N–H and O–H groups in total. The highest BCUT2D eigenvalue weighted by Gasteiger charge is 2.23. The van der Waals surface area contributed by atoms with Crippen LogP contribution in [0, 0.1) is 11.3 Å². The second-order valence-corrected chi connectivity index (χ2v) is 4.85. The summed E-state index contributed by atoms with van der Waals surface area (Å²) in [5.74, 6) is 0.953. The van der Waals surface area contributed by atoms with E-state index in [0.29, 0.717) is 5.69 Å². The van der Waals surface area contributed by atoms with E-state index in [1.54, 1.807) is 0 Å². The van der Waals surface area contributed by atoms with Gasteiger partial charge in [0, 0.05) is 32.4 Å². The van der Waals surface area contributed by atoms with Gasteiger partial charge in [0.2, 0.25) is 0 Å². The number of hydrogen-bond acceptors (Lipinski definition) is 4. The zero-order valence-corrected chi connectivity index (χ0v) is 11.0. The summed E-state index contributed by atoms with van der Waals surface area (Å²) in [5, 5.41) is 12.5. The van der Waals surface area contributed by atoms with Gasteiger partial charge in [0.25, 0.3) is 0 Å². The lowest BCUT2D eigenvalue weighted by atomic mass is 10.2. The van der Waals surface area contributed by atoms with Gasteiger partial charge in [-0.25, -0.2) is 4.98 Å². The fourth-order valence-corrected chi connectivity index (χ4v) is 2.67. The molecule has 5 nitrogen and oxygen atoms in total. The zero-order valence-electron chi connectivity index (χ0n) is 11.0. The quantitative estimate of drug-likeness (QED) is 0.875. The van der Waals surface area contributed by atoms with Gasteiger partial charge in [-0.1, -0.05) is 6.07 Å². The highest BCUT2D eigenvalue weighted by atomic mass is 15.2. The molecule has 2 aromatic heterocycles. The minimum Gasteiger partial charge on any atom is -0.314 e. The molecule has 0 amide bonds. The van der Waals surface area contributed by atoms with E-state index in [9.17, 15) is 5.26 Å². The van der Waals surface area contributed by atoms with E-state index in [-0.39, 0.29) is 6.04 Å². The van der Waals surface area contributed by atoms with Crippen molar-refractivity contribution in [1.29, 1.82) is 5.26 Å². The second kappa shape index (κ2) is 5.00. The summed E-state index contributed by atoms with van der Waals surface area (Å²) in [6, 6.07) is 8.27. The summed E-state index contributed by atoms with van der Waals surface area (Å²) in [5.41, 5.74) is 1.40. The van der Waals surface area contributed by atoms with Crippen LogP contribution in [0.4, 0.5) is 0 Å². The van der Waals surface area contributed by atoms with Crippen LogP contribution >= 0.6 is 0 Å². The van der Waals surface area contributed by atoms with Crippen LogP contribution in [0.2, 0.25) is 0 Å². The summed E-state index contributed by atoms with van der Waals surface area (Å²) in [7, 11) is 0. The number of aromatic nitrogens is 2. The third kappa shape index (κ3) is 2.09. The molecule has 0 bridgehead atoms. The van der Waals surface area contributed by atoms with Gasteiger partial charge in [-0.3, -0.25) is 4.90 Å². The molecule has 0 saturated carbocycles. The number of pyridine rings is 1. The van der Waals surface area contributed by atoms with Crippen molar-refractivity contribution in [2.75, 3.05) is 26.2 Å². The summed E-state index contributed by atoms with van der Waals surface area (Å²) < 4.78 is 2.03. The summed E-state index contributed by atoms with van der Waals surface area (Å²) in [6.07, 6.45) is 1.98. The fourth-order valence-electron chi connectivity index (χ4n) is 2.67. The molecule has 1 atom stereocenters. The van der Waals surface area contributed by atoms with Crippen molar-refractivity contribution in [3.63, 3.8) is 0 Å². The van der Waals surface area contributed by atoms with Crippen LogP contribution in [-0.4, -0.2) is 40.5 Å². The van der Waals surface area contributed by atoms with Crippen LogP contribution in [-0.2, 0) is 0 Å². The molecule has 5 heteroatoms. The van der Waals surface area contributed by atoms with Crippen molar-refractivity contribution < 1.29 is 0 Å². The number of nitrogens with zero attached hydrogens (tertiary/aromatic N) is 4. The smallest absolute Gasteiger partial charge is 0.166 e. The van der Waals surface area contributed by atoms with Gasteiger partial charge in [-0.2, -0.15) is 5.26 Å². The van der Waals surface area contributed by atoms with Crippen molar-refractivity contribution in [2.24, 2.45) is 0 Å². The molecular weight excluding hydrogens is 238 g/mol. The van der Waals surface area contributed by atoms with E-state index < -0.39 is 0 Å². The zero-order chi connectivity index (χ0) is 13.2. The predicted molar refractivity (Wildman–Crippen MR) is 72.8 cm³/mol. The molecule has 3 heterocycles. The Balaban J connectivity index is 2.02. The van der Waals surface area contributed by atoms with Gasteiger partial charge in [-0.05, 0) is 19.1 Å². The van der Waals surface area contributed by atoms with Crippen LogP contribution in [0.25, 0.3) is 5.52 Å². The maximum atomic E-state index is 9.19. The second-order valence-electron chi connectivity index (χ2n) is 4.85. The number of imidazole rings is 1. The minimum atomic E-state index is 0.221. The standard InChI is InChI=1S/C14H17N5/c1-11(18-8-5-16-6-9-18)14-17-12(10-15)13-4-2-3-7-19(13)14/h2-4,7,11,16H,5-6,8-9H2,1H3. The Labute approximate surface area is 112 Å². The molecule has 0 spiro atoms. The molecule has 98 valence electrons. The first-order chi connectivity index (χ1) is 9.31. The largest absolute Gasteiger partial charge is 0.314 e. The summed E-state index contributed by atoms with van der Waals surface area (Å²) >= 11 is 0. The van der Waals surface area contributed by atoms with Crippen molar-refractivity contribution in [1.82, 2.24) is 19.6 Å². The number of hydrogen-bond donors (Lipinski definition) is 1. The molecule has 0 aromatic carbocycles. The minimum absolute atomic E-state index is 0.221. The van der Waals surface area contributed by atoms with E-state index >= 15 is 0 Å². The third-order valence-electron chi connectivity index (χ3n) is 3.75. The SMILES string of the molecule is CC(c1nc(C#N)c2ccccn12)N1CCNCC1. The normalized spacial score (nSPS) is 18.3. The fraction of sp³-hybridized carbons (Fsp3) is 0.429. The van der Waals surface area contributed by atoms with E-state index in [0.717, 1.165) is 37.5 Å². The third-order valence-corrected chi connectivity index (χ3v) is 3.75. The number of fused-ring (bicyclic) bond motifs is 1. The topological polar surface area (TPSA) is 56.4 Å². The molecule has 1 unspecified atom stereocenters. The van der Waals surface area contributed by atoms with Gasteiger partial charge < -0.3 is 9.72 Å². The first-order valence-corrected chi connectivity index (χ1v) is 6.63. The highest BCUT2D eigenvalue weighted by Crippen LogP contribution is 2.22. The van der Waals surface area contributed by atoms with Crippen LogP contribution in [0.1, 0.15) is 24.5 Å². The molecule has 1 saturated heterocycles. The lowest BCUT2D eigenvalue weighted by Crippen LogP contribution is -2.44. The molecule has 2 aromatic rings. The Morgan fingerprint density at radius 2 is 2.16 bits per heavy atom. The summed E-state index contributed by atoms with van der Waals surface area (Å²) in [4.78, 5) is 6.92. The molecule has 0 aliphatic carbocycles. The molecule has 1 aliphatic rings. The Bertz CT molecular complexity index is 618. The monoisotopic (exact) mass is 255 g/mol. The van der Waals surface area contributed by atoms with E-state index in [1.807, 2.05) is 28.8 Å². The molecule has 1 fully saturated rings. The van der Waals surface area contributed by atoms with Crippen LogP contribution in [0.15, 0.2) is 24.4 Å². The number of nitriles is 1. The summed E-state index contributed by atoms with van der Waals surface area (Å²) in [6.45, 7) is 6.22. The Morgan fingerprint density at radius 3 is 2.89 bits per heavy atom. The Hall–Kier alpha value is -1.90. The molecule has 0 radical (unpaired) electrons. The van der Waals surface area contributed by atoms with Crippen molar-refractivity contribution in [2.45, 2.75) is 13.0 Å². The molecule has 1 aliphatic heterocycles. The van der Waals surface area contributed by atoms with Crippen LogP contribution < -0.4 is 5.32 Å². The number of rotatable bonds is 2. The first-order valence-electron chi connectivity index (χ1n) is 6.63. The maximum Gasteiger partial charge on any atom is 0.166 e. The van der Waals surface area contributed by atoms with Crippen LogP contribution in [0.3, 0.4) is 0 Å². The van der Waals surface area contributed by atoms with Crippen LogP contribution in [0.5, 0.6) is 0 Å². The highest BCUT2D eigenvalue weighted by molar-refractivity contribution is 5.58. The van der Waals surface area contributed by atoms with Crippen molar-refractivity contribution >= 4 is 5.52 Å². The Kier molecular flexibility index (Phi) is 3.20. The maximum absolute atomic E-state index is 9.19. The van der Waals surface area contributed by atoms with Crippen molar-refractivity contribution in [3.05, 3.63) is 35.9 Å². The predicted octanol–water partition coefficient (Wildman–Crippen LogP) is 1.17. The Morgan fingerprint density at radius 1 is 1.37 bits per heavy atom. The van der Waals surface area contributed by atoms with Gasteiger partial charge in [0.1, 0.15) is 11.9 Å². The molecular formula is C14H17N5. The van der Waals surface area contributed by atoms with E-state index in [2.05, 4.69) is 28.2 Å². The molecule has 19 heavy (non-hydrogen) atoms. The average Bonchev–Trinajstić information content (AvgIpc) is 2.86. The number of piperazine rings is 1. The lowest BCUT2D eigenvalue weighted by molar-refractivity contribution is 0.179. The first kappa shape index (κ1) is 12.2. The van der Waals surface area contributed by atoms with Gasteiger partial charge in [0.15, 0.2) is 5.69 Å². The van der Waals surface area contributed by atoms with Gasteiger partial charge in [-0.15, -0.1) is 0 Å². The van der Waals surface area contributed by atoms with Gasteiger partial charge in [0.05, 0.1) is 11.6 Å².